The summed E-state index contributed by atoms with van der Waals surface area (Å²) in [6.45, 7) is 3.63. The highest BCUT2D eigenvalue weighted by Crippen LogP contribution is 1.96. The second-order valence-corrected chi connectivity index (χ2v) is 1.98. The number of hydrogen-bond acceptors (Lipinski definition) is 2. The number of hydrogen-bond donors (Lipinski definition) is 2. The van der Waals surface area contributed by atoms with E-state index >= 15 is 0 Å². The first-order valence-corrected chi connectivity index (χ1v) is 3.08. The second-order valence-electron chi connectivity index (χ2n) is 1.98. The zero-order valence-electron chi connectivity index (χ0n) is 6.55. The van der Waals surface area contributed by atoms with Gasteiger partial charge in [0.1, 0.15) is 0 Å². The number of carbonyl (C=O) groups is 1. The highest BCUT2D eigenvalue weighted by molar-refractivity contribution is 5.85. The lowest BCUT2D eigenvalue weighted by Crippen LogP contribution is -1.95. The van der Waals surface area contributed by atoms with Gasteiger partial charge < -0.3 is 11.3 Å². The van der Waals surface area contributed by atoms with Crippen molar-refractivity contribution in [1.29, 1.82) is 0 Å². The Morgan fingerprint density at radius 1 is 1.60 bits per heavy atom. The Bertz CT molecular complexity index is 130. The van der Waals surface area contributed by atoms with Gasteiger partial charge in [-0.25, -0.2) is 4.79 Å². The van der Waals surface area contributed by atoms with E-state index in [1.165, 1.54) is 0 Å². The Hall–Kier alpha value is -0.830. The Morgan fingerprint density at radius 2 is 2.10 bits per heavy atom. The smallest absolute Gasteiger partial charge is 0.330 e. The molecule has 0 heterocycles. The molecular weight excluding hydrogens is 130 g/mol. The quantitative estimate of drug-likeness (QED) is 0.596. The van der Waals surface area contributed by atoms with Crippen molar-refractivity contribution < 1.29 is 9.90 Å². The largest absolute Gasteiger partial charge is 0.478 e. The molecule has 0 unspecified atom stereocenters. The zero-order valence-corrected chi connectivity index (χ0v) is 6.55. The summed E-state index contributed by atoms with van der Waals surface area (Å²) in [7, 11) is 0. The van der Waals surface area contributed by atoms with Crippen molar-refractivity contribution in [2.24, 2.45) is 0 Å². The molecule has 0 aliphatic heterocycles. The van der Waals surface area contributed by atoms with E-state index < -0.39 is 5.97 Å². The van der Waals surface area contributed by atoms with Crippen LogP contribution in [0.1, 0.15) is 26.7 Å². The molecule has 0 atom stereocenters. The van der Waals surface area contributed by atoms with Crippen LogP contribution in [0.5, 0.6) is 0 Å². The van der Waals surface area contributed by atoms with Gasteiger partial charge in [-0.2, -0.15) is 0 Å². The van der Waals surface area contributed by atoms with Crippen LogP contribution in [-0.2, 0) is 4.79 Å². The molecule has 10 heavy (non-hydrogen) atoms. The molecule has 0 aliphatic rings. The van der Waals surface area contributed by atoms with Gasteiger partial charge in [0.15, 0.2) is 0 Å². The van der Waals surface area contributed by atoms with Gasteiger partial charge in [-0.05, 0) is 13.3 Å². The maximum Gasteiger partial charge on any atom is 0.330 e. The molecule has 0 radical (unpaired) electrons. The van der Waals surface area contributed by atoms with Crippen molar-refractivity contribution in [3.63, 3.8) is 0 Å². The average molecular weight is 145 g/mol. The topological polar surface area (TPSA) is 72.3 Å². The van der Waals surface area contributed by atoms with Gasteiger partial charge in [0.25, 0.3) is 0 Å². The van der Waals surface area contributed by atoms with Crippen molar-refractivity contribution >= 4 is 5.97 Å². The van der Waals surface area contributed by atoms with Crippen molar-refractivity contribution in [2.45, 2.75) is 26.7 Å². The molecule has 0 aromatic carbocycles. The van der Waals surface area contributed by atoms with Crippen LogP contribution < -0.4 is 6.15 Å². The fourth-order valence-electron chi connectivity index (χ4n) is 0.448. The molecule has 0 amide bonds. The summed E-state index contributed by atoms with van der Waals surface area (Å²) in [6.07, 6.45) is 3.60. The van der Waals surface area contributed by atoms with Gasteiger partial charge in [0, 0.05) is 5.57 Å². The van der Waals surface area contributed by atoms with E-state index in [4.69, 9.17) is 5.11 Å². The lowest BCUT2D eigenvalue weighted by atomic mass is 10.2. The Balaban J connectivity index is 0. The SMILES string of the molecule is CCCC=C(C)C(=O)O.N. The van der Waals surface area contributed by atoms with Crippen LogP contribution in [0.15, 0.2) is 11.6 Å². The Labute approximate surface area is 61.3 Å². The molecular formula is C7H15NO2. The van der Waals surface area contributed by atoms with E-state index in [0.717, 1.165) is 12.8 Å². The highest BCUT2D eigenvalue weighted by atomic mass is 16.4. The van der Waals surface area contributed by atoms with Crippen LogP contribution >= 0.6 is 0 Å². The number of unbranched alkanes of at least 4 members (excludes halogenated alkanes) is 1. The summed E-state index contributed by atoms with van der Waals surface area (Å²) in [4.78, 5) is 10.1. The van der Waals surface area contributed by atoms with Crippen molar-refractivity contribution in [3.05, 3.63) is 11.6 Å². The molecule has 0 aromatic rings. The van der Waals surface area contributed by atoms with E-state index in [0.29, 0.717) is 5.57 Å². The predicted octanol–water partition coefficient (Wildman–Crippen LogP) is 1.98. The molecule has 0 saturated heterocycles. The van der Waals surface area contributed by atoms with E-state index in [1.54, 1.807) is 13.0 Å². The summed E-state index contributed by atoms with van der Waals surface area (Å²) < 4.78 is 0. The van der Waals surface area contributed by atoms with Crippen molar-refractivity contribution in [1.82, 2.24) is 6.15 Å². The van der Waals surface area contributed by atoms with Gasteiger partial charge >= 0.3 is 5.97 Å². The van der Waals surface area contributed by atoms with Crippen LogP contribution in [0.25, 0.3) is 0 Å². The molecule has 0 spiro atoms. The molecule has 0 rings (SSSR count). The van der Waals surface area contributed by atoms with Crippen LogP contribution in [0, 0.1) is 0 Å². The van der Waals surface area contributed by atoms with Crippen LogP contribution in [0.3, 0.4) is 0 Å². The number of aliphatic carboxylic acids is 1. The normalized spacial score (nSPS) is 10.4. The minimum Gasteiger partial charge on any atom is -0.478 e. The Kier molecular flexibility index (Phi) is 7.49. The van der Waals surface area contributed by atoms with Gasteiger partial charge in [0.05, 0.1) is 0 Å². The number of carboxylic acid groups (broad SMARTS) is 1. The number of allylic oxidation sites excluding steroid dienone is 1. The van der Waals surface area contributed by atoms with Gasteiger partial charge in [-0.3, -0.25) is 0 Å². The highest BCUT2D eigenvalue weighted by Gasteiger charge is 1.95. The molecule has 4 N–H and O–H groups in total. The molecule has 0 saturated carbocycles. The number of rotatable bonds is 3. The monoisotopic (exact) mass is 145 g/mol. The predicted molar refractivity (Wildman–Crippen MR) is 41.3 cm³/mol. The van der Waals surface area contributed by atoms with Gasteiger partial charge in [0.2, 0.25) is 0 Å². The summed E-state index contributed by atoms with van der Waals surface area (Å²) in [6, 6.07) is 0. The van der Waals surface area contributed by atoms with Crippen LogP contribution in [0.2, 0.25) is 0 Å². The van der Waals surface area contributed by atoms with E-state index in [2.05, 4.69) is 0 Å². The van der Waals surface area contributed by atoms with Crippen molar-refractivity contribution in [2.75, 3.05) is 0 Å². The van der Waals surface area contributed by atoms with Crippen LogP contribution in [0.4, 0.5) is 0 Å². The first kappa shape index (κ1) is 11.9. The first-order chi connectivity index (χ1) is 4.18. The van der Waals surface area contributed by atoms with Crippen LogP contribution in [-0.4, -0.2) is 11.1 Å². The maximum absolute atomic E-state index is 10.1. The lowest BCUT2D eigenvalue weighted by Gasteiger charge is -1.89. The molecule has 60 valence electrons. The summed E-state index contributed by atoms with van der Waals surface area (Å²) in [5.41, 5.74) is 0.442. The molecule has 3 nitrogen and oxygen atoms in total. The molecule has 0 aromatic heterocycles. The maximum atomic E-state index is 10.1. The standard InChI is InChI=1S/C7H12O2.H3N/c1-3-4-5-6(2)7(8)9;/h5H,3-4H2,1-2H3,(H,8,9);1H3. The summed E-state index contributed by atoms with van der Waals surface area (Å²) >= 11 is 0. The van der Waals surface area contributed by atoms with E-state index in [9.17, 15) is 4.79 Å². The van der Waals surface area contributed by atoms with E-state index in [1.807, 2.05) is 6.92 Å². The van der Waals surface area contributed by atoms with Gasteiger partial charge in [-0.1, -0.05) is 19.4 Å². The third-order valence-corrected chi connectivity index (χ3v) is 1.08. The molecule has 3 heteroatoms. The minimum absolute atomic E-state index is 0. The molecule has 0 fully saturated rings. The number of carboxylic acids is 1. The summed E-state index contributed by atoms with van der Waals surface area (Å²) in [5.74, 6) is -0.816. The Morgan fingerprint density at radius 3 is 2.40 bits per heavy atom. The summed E-state index contributed by atoms with van der Waals surface area (Å²) in [5, 5.41) is 8.34. The molecule has 0 bridgehead atoms. The first-order valence-electron chi connectivity index (χ1n) is 3.08. The third kappa shape index (κ3) is 5.31. The zero-order chi connectivity index (χ0) is 7.28. The second kappa shape index (κ2) is 6.29. The average Bonchev–Trinajstić information content (AvgIpc) is 1.82. The lowest BCUT2D eigenvalue weighted by molar-refractivity contribution is -0.132. The fourth-order valence-corrected chi connectivity index (χ4v) is 0.448. The van der Waals surface area contributed by atoms with Gasteiger partial charge in [-0.15, -0.1) is 0 Å². The minimum atomic E-state index is -0.816. The fraction of sp³-hybridized carbons (Fsp3) is 0.571. The van der Waals surface area contributed by atoms with E-state index in [-0.39, 0.29) is 6.15 Å². The van der Waals surface area contributed by atoms with Crippen molar-refractivity contribution in [3.8, 4) is 0 Å². The molecule has 0 aliphatic carbocycles. The third-order valence-electron chi connectivity index (χ3n) is 1.08.